The first kappa shape index (κ1) is 7.88. The van der Waals surface area contributed by atoms with Gasteiger partial charge < -0.3 is 10.3 Å². The summed E-state index contributed by atoms with van der Waals surface area (Å²) in [6, 6.07) is 0. The van der Waals surface area contributed by atoms with Crippen LogP contribution in [0.3, 0.4) is 0 Å². The molecule has 1 aliphatic rings. The minimum absolute atomic E-state index is 0.138. The number of nitrogens with one attached hydrogen (secondary N) is 2. The Morgan fingerprint density at radius 1 is 1.80 bits per heavy atom. The second-order valence-electron chi connectivity index (χ2n) is 2.09. The third-order valence-electron chi connectivity index (χ3n) is 1.33. The third kappa shape index (κ3) is 1.88. The third-order valence-corrected chi connectivity index (χ3v) is 1.33. The zero-order chi connectivity index (χ0) is 7.40. The molecule has 0 amide bonds. The van der Waals surface area contributed by atoms with Crippen molar-refractivity contribution in [3.63, 3.8) is 0 Å². The van der Waals surface area contributed by atoms with Gasteiger partial charge in [-0.2, -0.15) is 0 Å². The van der Waals surface area contributed by atoms with E-state index in [0.29, 0.717) is 0 Å². The number of hydrogen-bond acceptors (Lipinski definition) is 4. The molecule has 0 atom stereocenters. The fourth-order valence-electron chi connectivity index (χ4n) is 0.791. The second-order valence-corrected chi connectivity index (χ2v) is 2.09. The van der Waals surface area contributed by atoms with Crippen LogP contribution >= 0.6 is 0 Å². The van der Waals surface area contributed by atoms with Crippen LogP contribution in [-0.4, -0.2) is 26.9 Å². The Morgan fingerprint density at radius 2 is 2.60 bits per heavy atom. The standard InChI is InChI=1S/C3H9B3N4/c1-2-3-6-9-4-8-5-10(6)7/h2,8-9H,1,3,7H2. The quantitative estimate of drug-likeness (QED) is 0.234. The summed E-state index contributed by atoms with van der Waals surface area (Å²) < 4.78 is 0. The van der Waals surface area contributed by atoms with Crippen molar-refractivity contribution >= 4 is 22.1 Å². The van der Waals surface area contributed by atoms with E-state index in [1.54, 1.807) is 19.9 Å². The van der Waals surface area contributed by atoms with Crippen LogP contribution in [0.2, 0.25) is 6.32 Å². The molecule has 0 unspecified atom stereocenters. The molecular formula is C3H9B3N4. The molecule has 1 fully saturated rings. The fraction of sp³-hybridized carbons (Fsp3) is 0.333. The normalized spacial score (nSPS) is 19.5. The molecule has 1 rings (SSSR count). The molecule has 10 heavy (non-hydrogen) atoms. The average molecular weight is 134 g/mol. The summed E-state index contributed by atoms with van der Waals surface area (Å²) in [6.45, 7) is 3.76. The minimum atomic E-state index is 0.138. The summed E-state index contributed by atoms with van der Waals surface area (Å²) in [5.74, 6) is 5.55. The Morgan fingerprint density at radius 3 is 3.20 bits per heavy atom. The van der Waals surface area contributed by atoms with Crippen molar-refractivity contribution in [2.75, 3.05) is 0 Å². The lowest BCUT2D eigenvalue weighted by atomic mass is 9.61. The van der Waals surface area contributed by atoms with Crippen LogP contribution in [0.25, 0.3) is 0 Å². The highest BCUT2D eigenvalue weighted by Crippen LogP contribution is 1.92. The Hall–Kier alpha value is -0.225. The molecule has 1 saturated heterocycles. The van der Waals surface area contributed by atoms with Gasteiger partial charge in [-0.3, -0.25) is 10.7 Å². The molecule has 2 radical (unpaired) electrons. The first-order valence-corrected chi connectivity index (χ1v) is 3.15. The molecule has 0 aromatic carbocycles. The molecule has 0 saturated carbocycles. The Balaban J connectivity index is 2.32. The summed E-state index contributed by atoms with van der Waals surface area (Å²) in [5.41, 5.74) is 0. The molecule has 1 aliphatic heterocycles. The van der Waals surface area contributed by atoms with Crippen molar-refractivity contribution in [1.82, 2.24) is 15.1 Å². The lowest BCUT2D eigenvalue weighted by molar-refractivity contribution is 0.684. The zero-order valence-corrected chi connectivity index (χ0v) is 5.75. The van der Waals surface area contributed by atoms with Gasteiger partial charge >= 0.3 is 14.5 Å². The average Bonchev–Trinajstić information content (AvgIpc) is 1.94. The van der Waals surface area contributed by atoms with E-state index < -0.39 is 0 Å². The van der Waals surface area contributed by atoms with E-state index in [1.165, 1.54) is 0 Å². The molecule has 4 N–H and O–H groups in total. The van der Waals surface area contributed by atoms with Gasteiger partial charge in [0.2, 0.25) is 0 Å². The zero-order valence-electron chi connectivity index (χ0n) is 5.75. The molecule has 1 heterocycles. The second kappa shape index (κ2) is 3.83. The number of rotatable bonds is 2. The van der Waals surface area contributed by atoms with Crippen molar-refractivity contribution in [2.45, 2.75) is 6.32 Å². The van der Waals surface area contributed by atoms with Crippen molar-refractivity contribution in [3.8, 4) is 0 Å². The highest BCUT2D eigenvalue weighted by molar-refractivity contribution is 6.74. The number of hydrogen-bond donors (Lipinski definition) is 3. The van der Waals surface area contributed by atoms with E-state index in [1.807, 2.05) is 6.08 Å². The van der Waals surface area contributed by atoms with Crippen molar-refractivity contribution in [3.05, 3.63) is 12.7 Å². The smallest absolute Gasteiger partial charge is 0.304 e. The van der Waals surface area contributed by atoms with Gasteiger partial charge in [0.05, 0.1) is 0 Å². The van der Waals surface area contributed by atoms with Crippen LogP contribution in [0.5, 0.6) is 0 Å². The van der Waals surface area contributed by atoms with Crippen molar-refractivity contribution in [2.24, 2.45) is 5.84 Å². The SMILES string of the molecule is C=CCB1N[B]N[B]N1N. The highest BCUT2D eigenvalue weighted by atomic mass is 15.4. The maximum Gasteiger partial charge on any atom is 0.304 e. The molecule has 4 nitrogen and oxygen atoms in total. The molecule has 50 valence electrons. The van der Waals surface area contributed by atoms with Gasteiger partial charge in [-0.05, 0) is 6.32 Å². The van der Waals surface area contributed by atoms with Gasteiger partial charge in [0.25, 0.3) is 7.55 Å². The van der Waals surface area contributed by atoms with Gasteiger partial charge in [0, 0.05) is 0 Å². The minimum Gasteiger partial charge on any atom is -0.378 e. The van der Waals surface area contributed by atoms with E-state index in [2.05, 4.69) is 16.9 Å². The first-order valence-electron chi connectivity index (χ1n) is 3.15. The molecule has 0 spiro atoms. The summed E-state index contributed by atoms with van der Waals surface area (Å²) in [5, 5.41) is 5.86. The summed E-state index contributed by atoms with van der Waals surface area (Å²) in [7, 11) is 3.45. The highest BCUT2D eigenvalue weighted by Gasteiger charge is 2.23. The van der Waals surface area contributed by atoms with Gasteiger partial charge in [0.15, 0.2) is 0 Å². The van der Waals surface area contributed by atoms with Gasteiger partial charge in [0.1, 0.15) is 0 Å². The molecule has 0 aliphatic carbocycles. The Kier molecular flexibility index (Phi) is 3.01. The van der Waals surface area contributed by atoms with Crippen LogP contribution in [0.4, 0.5) is 0 Å². The predicted molar refractivity (Wildman–Crippen MR) is 44.6 cm³/mol. The summed E-state index contributed by atoms with van der Waals surface area (Å²) in [6.07, 6.45) is 2.65. The van der Waals surface area contributed by atoms with Crippen molar-refractivity contribution in [1.29, 1.82) is 0 Å². The molecule has 0 bridgehead atoms. The predicted octanol–water partition coefficient (Wildman–Crippen LogP) is -1.90. The molecule has 0 aromatic heterocycles. The molecule has 0 aromatic rings. The maximum absolute atomic E-state index is 5.55. The van der Waals surface area contributed by atoms with E-state index in [0.717, 1.165) is 6.32 Å². The number of allylic oxidation sites excluding steroid dienone is 1. The summed E-state index contributed by atoms with van der Waals surface area (Å²) >= 11 is 0. The van der Waals surface area contributed by atoms with Gasteiger partial charge in [-0.25, -0.2) is 0 Å². The topological polar surface area (TPSA) is 53.3 Å². The Labute approximate surface area is 62.9 Å². The van der Waals surface area contributed by atoms with E-state index in [9.17, 15) is 0 Å². The van der Waals surface area contributed by atoms with Crippen LogP contribution in [0.1, 0.15) is 0 Å². The maximum atomic E-state index is 5.55. The van der Waals surface area contributed by atoms with E-state index >= 15 is 0 Å². The largest absolute Gasteiger partial charge is 0.378 e. The molecular weight excluding hydrogens is 124 g/mol. The van der Waals surface area contributed by atoms with Crippen LogP contribution < -0.4 is 16.1 Å². The lowest BCUT2D eigenvalue weighted by Crippen LogP contribution is -2.67. The first-order chi connectivity index (χ1) is 4.84. The van der Waals surface area contributed by atoms with Crippen molar-refractivity contribution < 1.29 is 0 Å². The lowest BCUT2D eigenvalue weighted by Gasteiger charge is -2.28. The van der Waals surface area contributed by atoms with Gasteiger partial charge in [-0.1, -0.05) is 6.08 Å². The van der Waals surface area contributed by atoms with Crippen LogP contribution in [0, 0.1) is 0 Å². The number of nitrogens with two attached hydrogens (primary N) is 1. The monoisotopic (exact) mass is 134 g/mol. The number of nitrogens with zero attached hydrogens (tertiary/aromatic N) is 1. The van der Waals surface area contributed by atoms with Crippen LogP contribution in [-0.2, 0) is 0 Å². The molecule has 7 heteroatoms. The van der Waals surface area contributed by atoms with E-state index in [-0.39, 0.29) is 6.98 Å². The van der Waals surface area contributed by atoms with E-state index in [4.69, 9.17) is 5.84 Å². The van der Waals surface area contributed by atoms with Gasteiger partial charge in [-0.15, -0.1) is 6.58 Å². The number of hydrazine groups is 1. The van der Waals surface area contributed by atoms with Crippen LogP contribution in [0.15, 0.2) is 12.7 Å². The fourth-order valence-corrected chi connectivity index (χ4v) is 0.791. The summed E-state index contributed by atoms with van der Waals surface area (Å²) in [4.78, 5) is 1.57. The Bertz CT molecular complexity index is 120.